The molecule has 1 aromatic carbocycles. The zero-order valence-electron chi connectivity index (χ0n) is 11.5. The SMILES string of the molecule is O=C1C[C@H](c2ccsc2)c2cnn(-c3ccc(Br)cc3)c2N1. The topological polar surface area (TPSA) is 46.9 Å². The average molecular weight is 374 g/mol. The number of nitrogens with zero attached hydrogens (tertiary/aromatic N) is 2. The molecule has 0 spiro atoms. The number of thiophene rings is 1. The Kier molecular flexibility index (Phi) is 3.35. The Morgan fingerprint density at radius 1 is 1.27 bits per heavy atom. The van der Waals surface area contributed by atoms with Gasteiger partial charge in [-0.05, 0) is 46.7 Å². The van der Waals surface area contributed by atoms with Crippen LogP contribution in [0.25, 0.3) is 5.69 Å². The fourth-order valence-electron chi connectivity index (χ4n) is 2.77. The molecule has 1 N–H and O–H groups in total. The predicted molar refractivity (Wildman–Crippen MR) is 90.7 cm³/mol. The van der Waals surface area contributed by atoms with Crippen LogP contribution >= 0.6 is 27.3 Å². The maximum atomic E-state index is 12.1. The summed E-state index contributed by atoms with van der Waals surface area (Å²) in [6.07, 6.45) is 2.33. The van der Waals surface area contributed by atoms with Gasteiger partial charge >= 0.3 is 0 Å². The molecule has 6 heteroatoms. The molecule has 3 heterocycles. The molecule has 1 aliphatic rings. The van der Waals surface area contributed by atoms with Crippen LogP contribution in [0.2, 0.25) is 0 Å². The molecule has 0 saturated carbocycles. The van der Waals surface area contributed by atoms with Gasteiger partial charge in [-0.15, -0.1) is 0 Å². The molecule has 1 atom stereocenters. The van der Waals surface area contributed by atoms with Gasteiger partial charge in [-0.2, -0.15) is 16.4 Å². The van der Waals surface area contributed by atoms with Gasteiger partial charge in [0.2, 0.25) is 5.91 Å². The van der Waals surface area contributed by atoms with E-state index in [0.29, 0.717) is 6.42 Å². The van der Waals surface area contributed by atoms with Gasteiger partial charge in [0, 0.05) is 22.4 Å². The second-order valence-electron chi connectivity index (χ2n) is 5.20. The first-order chi connectivity index (χ1) is 10.7. The first kappa shape index (κ1) is 13.7. The van der Waals surface area contributed by atoms with Crippen LogP contribution in [0.3, 0.4) is 0 Å². The van der Waals surface area contributed by atoms with Crippen molar-refractivity contribution in [2.24, 2.45) is 0 Å². The Balaban J connectivity index is 1.82. The van der Waals surface area contributed by atoms with E-state index in [2.05, 4.69) is 37.8 Å². The molecule has 1 aliphatic heterocycles. The first-order valence-corrected chi connectivity index (χ1v) is 8.62. The van der Waals surface area contributed by atoms with Crippen LogP contribution in [0.5, 0.6) is 0 Å². The van der Waals surface area contributed by atoms with Crippen molar-refractivity contribution in [3.05, 3.63) is 62.9 Å². The van der Waals surface area contributed by atoms with Crippen LogP contribution in [0, 0.1) is 0 Å². The quantitative estimate of drug-likeness (QED) is 0.732. The number of carbonyl (C=O) groups is 1. The van der Waals surface area contributed by atoms with Gasteiger partial charge in [-0.25, -0.2) is 4.68 Å². The Bertz CT molecular complexity index is 824. The molecule has 0 saturated heterocycles. The molecule has 0 radical (unpaired) electrons. The third-order valence-corrected chi connectivity index (χ3v) is 5.07. The third-order valence-electron chi connectivity index (χ3n) is 3.84. The summed E-state index contributed by atoms with van der Waals surface area (Å²) in [5.41, 5.74) is 3.17. The van der Waals surface area contributed by atoms with Crippen molar-refractivity contribution in [2.45, 2.75) is 12.3 Å². The van der Waals surface area contributed by atoms with Crippen molar-refractivity contribution in [1.82, 2.24) is 9.78 Å². The Labute approximate surface area is 139 Å². The fraction of sp³-hybridized carbons (Fsp3) is 0.125. The van der Waals surface area contributed by atoms with E-state index in [1.165, 1.54) is 5.56 Å². The van der Waals surface area contributed by atoms with Crippen molar-refractivity contribution in [3.63, 3.8) is 0 Å². The van der Waals surface area contributed by atoms with Gasteiger partial charge in [0.25, 0.3) is 0 Å². The number of hydrogen-bond acceptors (Lipinski definition) is 3. The largest absolute Gasteiger partial charge is 0.310 e. The van der Waals surface area contributed by atoms with Crippen molar-refractivity contribution in [1.29, 1.82) is 0 Å². The van der Waals surface area contributed by atoms with Crippen LogP contribution in [-0.2, 0) is 4.79 Å². The van der Waals surface area contributed by atoms with Crippen LogP contribution in [-0.4, -0.2) is 15.7 Å². The summed E-state index contributed by atoms with van der Waals surface area (Å²) in [7, 11) is 0. The van der Waals surface area contributed by atoms with E-state index >= 15 is 0 Å². The molecular formula is C16H12BrN3OS. The normalized spacial score (nSPS) is 17.1. The molecule has 110 valence electrons. The van der Waals surface area contributed by atoms with E-state index in [9.17, 15) is 4.79 Å². The third kappa shape index (κ3) is 2.28. The summed E-state index contributed by atoms with van der Waals surface area (Å²) in [5, 5.41) is 11.6. The Morgan fingerprint density at radius 3 is 2.82 bits per heavy atom. The zero-order valence-corrected chi connectivity index (χ0v) is 13.9. The lowest BCUT2D eigenvalue weighted by molar-refractivity contribution is -0.116. The lowest BCUT2D eigenvalue weighted by Crippen LogP contribution is -2.24. The Hall–Kier alpha value is -1.92. The molecule has 22 heavy (non-hydrogen) atoms. The summed E-state index contributed by atoms with van der Waals surface area (Å²) >= 11 is 5.08. The smallest absolute Gasteiger partial charge is 0.226 e. The minimum Gasteiger partial charge on any atom is -0.310 e. The van der Waals surface area contributed by atoms with Crippen molar-refractivity contribution in [2.75, 3.05) is 5.32 Å². The molecule has 4 rings (SSSR count). The maximum absolute atomic E-state index is 12.1. The summed E-state index contributed by atoms with van der Waals surface area (Å²) < 4.78 is 2.80. The highest BCUT2D eigenvalue weighted by Crippen LogP contribution is 2.38. The molecular weight excluding hydrogens is 362 g/mol. The summed E-state index contributed by atoms with van der Waals surface area (Å²) in [6.45, 7) is 0. The number of hydrogen-bond donors (Lipinski definition) is 1. The molecule has 1 amide bonds. The van der Waals surface area contributed by atoms with Crippen molar-refractivity contribution in [3.8, 4) is 5.69 Å². The molecule has 2 aromatic heterocycles. The fourth-order valence-corrected chi connectivity index (χ4v) is 3.75. The summed E-state index contributed by atoms with van der Waals surface area (Å²) in [6, 6.07) is 9.94. The lowest BCUT2D eigenvalue weighted by atomic mass is 9.89. The van der Waals surface area contributed by atoms with Gasteiger partial charge in [0.1, 0.15) is 5.82 Å². The number of aromatic nitrogens is 2. The highest BCUT2D eigenvalue weighted by Gasteiger charge is 2.30. The monoisotopic (exact) mass is 373 g/mol. The van der Waals surface area contributed by atoms with Crippen LogP contribution in [0.4, 0.5) is 5.82 Å². The molecule has 4 nitrogen and oxygen atoms in total. The number of fused-ring (bicyclic) bond motifs is 1. The summed E-state index contributed by atoms with van der Waals surface area (Å²) in [4.78, 5) is 12.1. The molecule has 0 fully saturated rings. The number of halogens is 1. The van der Waals surface area contributed by atoms with E-state index in [0.717, 1.165) is 21.5 Å². The number of amides is 1. The molecule has 0 aliphatic carbocycles. The summed E-state index contributed by atoms with van der Waals surface area (Å²) in [5.74, 6) is 0.886. The lowest BCUT2D eigenvalue weighted by Gasteiger charge is -2.22. The Morgan fingerprint density at radius 2 is 2.09 bits per heavy atom. The van der Waals surface area contributed by atoms with Crippen molar-refractivity contribution >= 4 is 39.0 Å². The van der Waals surface area contributed by atoms with Gasteiger partial charge in [-0.3, -0.25) is 4.79 Å². The van der Waals surface area contributed by atoms with Gasteiger partial charge in [0.15, 0.2) is 0 Å². The second kappa shape index (κ2) is 5.37. The van der Waals surface area contributed by atoms with Crippen LogP contribution in [0.1, 0.15) is 23.5 Å². The van der Waals surface area contributed by atoms with Gasteiger partial charge in [0.05, 0.1) is 11.9 Å². The molecule has 0 unspecified atom stereocenters. The number of nitrogens with one attached hydrogen (secondary N) is 1. The van der Waals surface area contributed by atoms with Gasteiger partial charge in [-0.1, -0.05) is 15.9 Å². The standard InChI is InChI=1S/C16H12BrN3OS/c17-11-1-3-12(4-2-11)20-16-14(8-18-20)13(7-15(21)19-16)10-5-6-22-9-10/h1-6,8-9,13H,7H2,(H,19,21)/t13-/m1/s1. The van der Waals surface area contributed by atoms with Crippen molar-refractivity contribution < 1.29 is 4.79 Å². The van der Waals surface area contributed by atoms with E-state index in [1.807, 2.05) is 35.8 Å². The predicted octanol–water partition coefficient (Wildman–Crippen LogP) is 4.17. The van der Waals surface area contributed by atoms with Gasteiger partial charge < -0.3 is 5.32 Å². The molecule has 0 bridgehead atoms. The van der Waals surface area contributed by atoms with Crippen LogP contribution < -0.4 is 5.32 Å². The van der Waals surface area contributed by atoms with E-state index < -0.39 is 0 Å². The zero-order chi connectivity index (χ0) is 15.1. The average Bonchev–Trinajstić information content (AvgIpc) is 3.16. The van der Waals surface area contributed by atoms with E-state index in [1.54, 1.807) is 16.0 Å². The second-order valence-corrected chi connectivity index (χ2v) is 6.89. The van der Waals surface area contributed by atoms with Crippen LogP contribution in [0.15, 0.2) is 51.8 Å². The highest BCUT2D eigenvalue weighted by molar-refractivity contribution is 9.10. The number of rotatable bonds is 2. The first-order valence-electron chi connectivity index (χ1n) is 6.88. The maximum Gasteiger partial charge on any atom is 0.226 e. The number of carbonyl (C=O) groups excluding carboxylic acids is 1. The van der Waals surface area contributed by atoms with E-state index in [-0.39, 0.29) is 11.8 Å². The minimum absolute atomic E-state index is 0.0301. The highest BCUT2D eigenvalue weighted by atomic mass is 79.9. The number of benzene rings is 1. The molecule has 3 aromatic rings. The number of anilines is 1. The van der Waals surface area contributed by atoms with E-state index in [4.69, 9.17) is 0 Å². The minimum atomic E-state index is 0.0301.